The van der Waals surface area contributed by atoms with Crippen LogP contribution < -0.4 is 10.6 Å². The fourth-order valence-corrected chi connectivity index (χ4v) is 3.00. The third-order valence-corrected chi connectivity index (χ3v) is 4.78. The van der Waals surface area contributed by atoms with Crippen LogP contribution in [0.1, 0.15) is 26.6 Å². The van der Waals surface area contributed by atoms with Crippen LogP contribution in [0, 0.1) is 27.2 Å². The lowest BCUT2D eigenvalue weighted by Crippen LogP contribution is -2.34. The lowest BCUT2D eigenvalue weighted by atomic mass is 10.1. The average molecular weight is 475 g/mol. The van der Waals surface area contributed by atoms with Gasteiger partial charge in [-0.2, -0.15) is 4.98 Å². The van der Waals surface area contributed by atoms with Crippen molar-refractivity contribution in [3.8, 4) is 11.4 Å². The molecule has 0 radical (unpaired) electrons. The molecule has 0 fully saturated rings. The van der Waals surface area contributed by atoms with Crippen molar-refractivity contribution in [1.29, 1.82) is 0 Å². The second-order valence-corrected chi connectivity index (χ2v) is 6.97. The highest BCUT2D eigenvalue weighted by molar-refractivity contribution is 6.32. The van der Waals surface area contributed by atoms with Crippen LogP contribution in [0.3, 0.4) is 0 Å². The molecule has 3 aromatic rings. The molecule has 3 rings (SSSR count). The Balaban J connectivity index is 1.56. The Hall–Kier alpha value is -4.39. The van der Waals surface area contributed by atoms with Crippen LogP contribution >= 0.6 is 11.6 Å². The van der Waals surface area contributed by atoms with Gasteiger partial charge in [-0.25, -0.2) is 0 Å². The minimum atomic E-state index is -0.715. The van der Waals surface area contributed by atoms with E-state index < -0.39 is 27.3 Å². The normalized spacial score (nSPS) is 10.5. The van der Waals surface area contributed by atoms with Gasteiger partial charge >= 0.3 is 11.8 Å². The zero-order valence-electron chi connectivity index (χ0n) is 16.9. The summed E-state index contributed by atoms with van der Waals surface area (Å²) in [6, 6.07) is 7.99. The van der Waals surface area contributed by atoms with Gasteiger partial charge in [-0.1, -0.05) is 28.9 Å². The predicted octanol–water partition coefficient (Wildman–Crippen LogP) is 2.67. The van der Waals surface area contributed by atoms with E-state index in [1.54, 1.807) is 6.07 Å². The SMILES string of the molecule is Cc1c(-c2noc(C(=O)NCCNC(=O)c3ccc(Cl)c([N+](=O)[O-])c3)n2)cccc1[N+](=O)[O-]. The molecule has 0 aliphatic heterocycles. The van der Waals surface area contributed by atoms with Crippen LogP contribution in [0.15, 0.2) is 40.9 Å². The average Bonchev–Trinajstić information content (AvgIpc) is 3.26. The van der Waals surface area contributed by atoms with Crippen molar-refractivity contribution in [2.45, 2.75) is 6.92 Å². The fraction of sp³-hybridized carbons (Fsp3) is 0.158. The Morgan fingerprint density at radius 1 is 1.03 bits per heavy atom. The van der Waals surface area contributed by atoms with Crippen molar-refractivity contribution >= 4 is 34.8 Å². The minimum Gasteiger partial charge on any atom is -0.350 e. The number of carbonyl (C=O) groups is 2. The zero-order valence-corrected chi connectivity index (χ0v) is 17.7. The van der Waals surface area contributed by atoms with Gasteiger partial charge in [0.1, 0.15) is 5.02 Å². The number of carbonyl (C=O) groups excluding carboxylic acids is 2. The van der Waals surface area contributed by atoms with Crippen molar-refractivity contribution < 1.29 is 24.0 Å². The lowest BCUT2D eigenvalue weighted by molar-refractivity contribution is -0.385. The number of amides is 2. The van der Waals surface area contributed by atoms with E-state index in [1.807, 2.05) is 0 Å². The Morgan fingerprint density at radius 3 is 2.36 bits per heavy atom. The first-order chi connectivity index (χ1) is 15.7. The summed E-state index contributed by atoms with van der Waals surface area (Å²) in [7, 11) is 0. The molecule has 0 atom stereocenters. The molecule has 33 heavy (non-hydrogen) atoms. The van der Waals surface area contributed by atoms with Gasteiger partial charge in [-0.15, -0.1) is 0 Å². The molecular formula is C19H15ClN6O7. The van der Waals surface area contributed by atoms with Crippen molar-refractivity contribution in [3.63, 3.8) is 0 Å². The number of aromatic nitrogens is 2. The van der Waals surface area contributed by atoms with Crippen molar-refractivity contribution in [3.05, 3.63) is 78.7 Å². The standard InChI is InChI=1S/C19H15ClN6O7/c1-10-12(3-2-4-14(10)25(29)30)16-23-19(33-24-16)18(28)22-8-7-21-17(27)11-5-6-13(20)15(9-11)26(31)32/h2-6,9H,7-8H2,1H3,(H,21,27)(H,22,28). The van der Waals surface area contributed by atoms with E-state index in [0.29, 0.717) is 11.1 Å². The molecule has 2 aromatic carbocycles. The summed E-state index contributed by atoms with van der Waals surface area (Å²) < 4.78 is 4.92. The Labute approximate surface area is 190 Å². The number of hydrogen-bond acceptors (Lipinski definition) is 9. The van der Waals surface area contributed by atoms with E-state index in [0.717, 1.165) is 6.07 Å². The van der Waals surface area contributed by atoms with E-state index in [2.05, 4.69) is 20.8 Å². The molecule has 0 aliphatic rings. The van der Waals surface area contributed by atoms with Crippen LogP contribution in [0.5, 0.6) is 0 Å². The number of nitro groups is 2. The van der Waals surface area contributed by atoms with Gasteiger partial charge in [0.05, 0.1) is 9.85 Å². The smallest absolute Gasteiger partial charge is 0.316 e. The maximum Gasteiger partial charge on any atom is 0.316 e. The molecule has 170 valence electrons. The van der Waals surface area contributed by atoms with Gasteiger partial charge in [0.25, 0.3) is 17.3 Å². The molecule has 13 nitrogen and oxygen atoms in total. The molecule has 0 aliphatic carbocycles. The van der Waals surface area contributed by atoms with E-state index in [9.17, 15) is 29.8 Å². The largest absolute Gasteiger partial charge is 0.350 e. The number of nitrogens with zero attached hydrogens (tertiary/aromatic N) is 4. The van der Waals surface area contributed by atoms with Gasteiger partial charge in [-0.3, -0.25) is 29.8 Å². The van der Waals surface area contributed by atoms with Gasteiger partial charge in [0.2, 0.25) is 5.82 Å². The lowest BCUT2D eigenvalue weighted by Gasteiger charge is -2.06. The van der Waals surface area contributed by atoms with Crippen LogP contribution in [-0.4, -0.2) is 44.9 Å². The first-order valence-electron chi connectivity index (χ1n) is 9.27. The molecule has 0 saturated heterocycles. The molecule has 14 heteroatoms. The number of halogens is 1. The molecule has 1 aromatic heterocycles. The summed E-state index contributed by atoms with van der Waals surface area (Å²) in [5.74, 6) is -1.66. The van der Waals surface area contributed by atoms with E-state index in [1.165, 1.54) is 31.2 Å². The Kier molecular flexibility index (Phi) is 6.93. The summed E-state index contributed by atoms with van der Waals surface area (Å²) in [5.41, 5.74) is 0.178. The third-order valence-electron chi connectivity index (χ3n) is 4.46. The molecular weight excluding hydrogens is 460 g/mol. The van der Waals surface area contributed by atoms with Gasteiger partial charge in [0.15, 0.2) is 0 Å². The monoisotopic (exact) mass is 474 g/mol. The zero-order chi connectivity index (χ0) is 24.1. The van der Waals surface area contributed by atoms with Crippen molar-refractivity contribution in [2.24, 2.45) is 0 Å². The fourth-order valence-electron chi connectivity index (χ4n) is 2.81. The topological polar surface area (TPSA) is 183 Å². The van der Waals surface area contributed by atoms with Gasteiger partial charge < -0.3 is 15.2 Å². The minimum absolute atomic E-state index is 0.00593. The highest BCUT2D eigenvalue weighted by Crippen LogP contribution is 2.28. The van der Waals surface area contributed by atoms with Crippen molar-refractivity contribution in [2.75, 3.05) is 13.1 Å². The molecule has 0 saturated carbocycles. The Morgan fingerprint density at radius 2 is 1.70 bits per heavy atom. The number of nitrogens with one attached hydrogen (secondary N) is 2. The summed E-state index contributed by atoms with van der Waals surface area (Å²) in [5, 5.41) is 30.6. The third kappa shape index (κ3) is 5.27. The quantitative estimate of drug-likeness (QED) is 0.281. The van der Waals surface area contributed by atoms with E-state index >= 15 is 0 Å². The summed E-state index contributed by atoms with van der Waals surface area (Å²) >= 11 is 5.72. The molecule has 2 amide bonds. The number of hydrogen-bond donors (Lipinski definition) is 2. The first-order valence-corrected chi connectivity index (χ1v) is 9.65. The molecule has 0 spiro atoms. The summed E-state index contributed by atoms with van der Waals surface area (Å²) in [6.45, 7) is 1.53. The second kappa shape index (κ2) is 9.82. The summed E-state index contributed by atoms with van der Waals surface area (Å²) in [6.07, 6.45) is 0. The number of benzene rings is 2. The molecule has 1 heterocycles. The second-order valence-electron chi connectivity index (χ2n) is 6.57. The molecule has 0 unspecified atom stereocenters. The maximum atomic E-state index is 12.2. The Bertz CT molecular complexity index is 1260. The maximum absolute atomic E-state index is 12.2. The highest BCUT2D eigenvalue weighted by atomic mass is 35.5. The predicted molar refractivity (Wildman–Crippen MR) is 114 cm³/mol. The number of nitro benzene ring substituents is 2. The highest BCUT2D eigenvalue weighted by Gasteiger charge is 2.21. The van der Waals surface area contributed by atoms with Crippen molar-refractivity contribution in [1.82, 2.24) is 20.8 Å². The molecule has 2 N–H and O–H groups in total. The van der Waals surface area contributed by atoms with Crippen LogP contribution in [0.2, 0.25) is 5.02 Å². The van der Waals surface area contributed by atoms with Crippen LogP contribution in [0.25, 0.3) is 11.4 Å². The van der Waals surface area contributed by atoms with Crippen LogP contribution in [0.4, 0.5) is 11.4 Å². The van der Waals surface area contributed by atoms with Gasteiger partial charge in [-0.05, 0) is 19.1 Å². The molecule has 0 bridgehead atoms. The first kappa shape index (κ1) is 23.3. The van der Waals surface area contributed by atoms with E-state index in [-0.39, 0.29) is 41.1 Å². The van der Waals surface area contributed by atoms with Crippen LogP contribution in [-0.2, 0) is 0 Å². The van der Waals surface area contributed by atoms with E-state index in [4.69, 9.17) is 16.1 Å². The summed E-state index contributed by atoms with van der Waals surface area (Å²) in [4.78, 5) is 49.1. The number of rotatable bonds is 8. The van der Waals surface area contributed by atoms with Gasteiger partial charge in [0, 0.05) is 41.9 Å².